The molecule has 0 heterocycles. The zero-order valence-electron chi connectivity index (χ0n) is 11.0. The second kappa shape index (κ2) is 5.85. The molecule has 0 aromatic heterocycles. The Kier molecular flexibility index (Phi) is 4.82. The third kappa shape index (κ3) is 3.64. The lowest BCUT2D eigenvalue weighted by Gasteiger charge is -2.16. The average Bonchev–Trinajstić information content (AvgIpc) is 2.35. The van der Waals surface area contributed by atoms with E-state index in [0.29, 0.717) is 0 Å². The highest BCUT2D eigenvalue weighted by atomic mass is 32.2. The monoisotopic (exact) mass is 364 g/mol. The molecule has 0 aliphatic rings. The molecule has 0 aliphatic heterocycles. The van der Waals surface area contributed by atoms with Crippen LogP contribution in [0, 0.1) is 17.5 Å². The van der Waals surface area contributed by atoms with E-state index >= 15 is 0 Å². The van der Waals surface area contributed by atoms with Gasteiger partial charge in [-0.2, -0.15) is 26.0 Å². The molecule has 0 spiro atoms. The minimum atomic E-state index is -5.99. The lowest BCUT2D eigenvalue weighted by molar-refractivity contribution is -0.143. The molecule has 12 heteroatoms. The van der Waals surface area contributed by atoms with Crippen LogP contribution in [0.1, 0.15) is 12.5 Å². The fourth-order valence-corrected chi connectivity index (χ4v) is 2.16. The Labute approximate surface area is 124 Å². The summed E-state index contributed by atoms with van der Waals surface area (Å²) in [5.74, 6) is -11.7. The van der Waals surface area contributed by atoms with Crippen LogP contribution in [0.3, 0.4) is 0 Å². The van der Waals surface area contributed by atoms with Crippen molar-refractivity contribution >= 4 is 16.1 Å². The number of carbonyl (C=O) groups excluding carboxylic acids is 1. The van der Waals surface area contributed by atoms with Gasteiger partial charge < -0.3 is 4.74 Å². The normalized spacial score (nSPS) is 12.2. The third-order valence-corrected chi connectivity index (χ3v) is 3.22. The van der Waals surface area contributed by atoms with Gasteiger partial charge in [0, 0.05) is 5.57 Å². The Hall–Kier alpha value is -2.08. The van der Waals surface area contributed by atoms with Gasteiger partial charge in [-0.1, -0.05) is 6.58 Å². The average molecular weight is 364 g/mol. The van der Waals surface area contributed by atoms with Crippen LogP contribution in [0.5, 0.6) is 5.75 Å². The van der Waals surface area contributed by atoms with E-state index in [1.54, 1.807) is 0 Å². The van der Waals surface area contributed by atoms with Crippen molar-refractivity contribution in [2.75, 3.05) is 0 Å². The van der Waals surface area contributed by atoms with Crippen LogP contribution >= 0.6 is 0 Å². The van der Waals surface area contributed by atoms with E-state index in [0.717, 1.165) is 6.92 Å². The molecule has 0 bridgehead atoms. The van der Waals surface area contributed by atoms with Crippen LogP contribution in [-0.4, -0.2) is 18.9 Å². The van der Waals surface area contributed by atoms with E-state index in [4.69, 9.17) is 4.55 Å². The van der Waals surface area contributed by atoms with E-state index in [-0.39, 0.29) is 0 Å². The van der Waals surface area contributed by atoms with Crippen LogP contribution in [0.25, 0.3) is 0 Å². The molecular formula is C11H6F6O5S. The molecule has 23 heavy (non-hydrogen) atoms. The van der Waals surface area contributed by atoms with Gasteiger partial charge in [-0.3, -0.25) is 4.55 Å². The number of ether oxygens (including phenoxy) is 1. The van der Waals surface area contributed by atoms with E-state index in [1.165, 1.54) is 0 Å². The summed E-state index contributed by atoms with van der Waals surface area (Å²) in [5.41, 5.74) is -3.33. The fourth-order valence-electron chi connectivity index (χ4n) is 1.38. The Morgan fingerprint density at radius 1 is 1.13 bits per heavy atom. The highest BCUT2D eigenvalue weighted by Crippen LogP contribution is 2.42. The van der Waals surface area contributed by atoms with Gasteiger partial charge in [-0.25, -0.2) is 13.6 Å². The summed E-state index contributed by atoms with van der Waals surface area (Å²) in [6, 6.07) is 0. The van der Waals surface area contributed by atoms with Gasteiger partial charge in [0.25, 0.3) is 10.1 Å². The molecule has 0 unspecified atom stereocenters. The second-order valence-corrected chi connectivity index (χ2v) is 5.48. The van der Waals surface area contributed by atoms with Crippen molar-refractivity contribution in [3.05, 3.63) is 35.2 Å². The van der Waals surface area contributed by atoms with Crippen molar-refractivity contribution in [2.45, 2.75) is 18.0 Å². The molecule has 1 aromatic rings. The summed E-state index contributed by atoms with van der Waals surface area (Å²) in [7, 11) is -5.99. The molecule has 0 amide bonds. The molecule has 1 N–H and O–H groups in total. The smallest absolute Gasteiger partial charge is 0.417 e. The van der Waals surface area contributed by atoms with Crippen LogP contribution in [0.2, 0.25) is 0 Å². The van der Waals surface area contributed by atoms with Crippen molar-refractivity contribution in [1.29, 1.82) is 0 Å². The van der Waals surface area contributed by atoms with Crippen molar-refractivity contribution in [2.24, 2.45) is 0 Å². The van der Waals surface area contributed by atoms with Crippen molar-refractivity contribution in [1.82, 2.24) is 0 Å². The Morgan fingerprint density at radius 3 is 1.96 bits per heavy atom. The minimum absolute atomic E-state index is 0.489. The van der Waals surface area contributed by atoms with Crippen molar-refractivity contribution < 1.29 is 48.8 Å². The number of alkyl halides is 3. The lowest BCUT2D eigenvalue weighted by atomic mass is 10.1. The van der Waals surface area contributed by atoms with Gasteiger partial charge in [-0.15, -0.1) is 0 Å². The van der Waals surface area contributed by atoms with Gasteiger partial charge in [0.15, 0.2) is 11.6 Å². The van der Waals surface area contributed by atoms with E-state index in [9.17, 15) is 39.6 Å². The first-order valence-corrected chi connectivity index (χ1v) is 6.76. The summed E-state index contributed by atoms with van der Waals surface area (Å²) < 4.78 is 113. The summed E-state index contributed by atoms with van der Waals surface area (Å²) in [6.07, 6.45) is -5.85. The summed E-state index contributed by atoms with van der Waals surface area (Å²) >= 11 is 0. The van der Waals surface area contributed by atoms with Gasteiger partial charge in [-0.05, 0) is 6.92 Å². The maximum Gasteiger partial charge on any atom is 0.420 e. The van der Waals surface area contributed by atoms with Crippen LogP contribution in [0.15, 0.2) is 17.0 Å². The number of hydrogen-bond acceptors (Lipinski definition) is 4. The Balaban J connectivity index is 3.90. The van der Waals surface area contributed by atoms with E-state index < -0.39 is 61.5 Å². The summed E-state index contributed by atoms with van der Waals surface area (Å²) in [4.78, 5) is 8.49. The van der Waals surface area contributed by atoms with Crippen LogP contribution in [-0.2, 0) is 21.1 Å². The summed E-state index contributed by atoms with van der Waals surface area (Å²) in [6.45, 7) is 3.97. The third-order valence-electron chi connectivity index (χ3n) is 2.32. The number of esters is 1. The Morgan fingerprint density at radius 2 is 1.61 bits per heavy atom. The van der Waals surface area contributed by atoms with Crippen molar-refractivity contribution in [3.8, 4) is 5.75 Å². The van der Waals surface area contributed by atoms with Gasteiger partial charge in [0.2, 0.25) is 11.6 Å². The summed E-state index contributed by atoms with van der Waals surface area (Å²) in [5, 5.41) is 0. The second-order valence-electron chi connectivity index (χ2n) is 4.12. The molecule has 0 radical (unpaired) electrons. The van der Waals surface area contributed by atoms with Crippen LogP contribution in [0.4, 0.5) is 26.3 Å². The molecule has 0 saturated carbocycles. The zero-order valence-corrected chi connectivity index (χ0v) is 11.8. The maximum atomic E-state index is 13.8. The molecule has 1 rings (SSSR count). The maximum absolute atomic E-state index is 13.8. The first kappa shape index (κ1) is 19.0. The quantitative estimate of drug-likeness (QED) is 0.223. The fraction of sp³-hybridized carbons (Fsp3) is 0.182. The minimum Gasteiger partial charge on any atom is -0.417 e. The molecule has 5 nitrogen and oxygen atoms in total. The number of benzene rings is 1. The molecule has 0 fully saturated rings. The highest BCUT2D eigenvalue weighted by molar-refractivity contribution is 7.85. The predicted molar refractivity (Wildman–Crippen MR) is 61.6 cm³/mol. The largest absolute Gasteiger partial charge is 0.420 e. The molecule has 1 aromatic carbocycles. The zero-order chi connectivity index (χ0) is 18.3. The topological polar surface area (TPSA) is 80.7 Å². The molecule has 0 atom stereocenters. The molecular weight excluding hydrogens is 358 g/mol. The first-order valence-electron chi connectivity index (χ1n) is 5.32. The SMILES string of the molecule is C=C(C)C(=O)Oc1c(F)c(F)c(S(=O)(=O)O)c(C(F)(F)F)c1F. The molecule has 0 saturated heterocycles. The first-order chi connectivity index (χ1) is 10.2. The number of hydrogen-bond donors (Lipinski definition) is 1. The van der Waals surface area contributed by atoms with Crippen molar-refractivity contribution in [3.63, 3.8) is 0 Å². The Bertz CT molecular complexity index is 796. The number of rotatable bonds is 3. The van der Waals surface area contributed by atoms with Gasteiger partial charge in [0.1, 0.15) is 10.5 Å². The number of carbonyl (C=O) groups is 1. The molecule has 128 valence electrons. The molecule has 0 aliphatic carbocycles. The van der Waals surface area contributed by atoms with Gasteiger partial charge >= 0.3 is 12.1 Å². The number of halogens is 6. The lowest BCUT2D eigenvalue weighted by Crippen LogP contribution is -2.21. The highest BCUT2D eigenvalue weighted by Gasteiger charge is 2.46. The van der Waals surface area contributed by atoms with E-state index in [1.807, 2.05) is 0 Å². The van der Waals surface area contributed by atoms with Gasteiger partial charge in [0.05, 0.1) is 0 Å². The predicted octanol–water partition coefficient (Wildman–Crippen LogP) is 2.85. The van der Waals surface area contributed by atoms with Crippen LogP contribution < -0.4 is 4.74 Å². The van der Waals surface area contributed by atoms with E-state index in [2.05, 4.69) is 11.3 Å². The standard InChI is InChI=1S/C11H6F6O5S/c1-3(2)10(18)22-8-5(12)4(11(15,16)17)9(23(19,20)21)7(14)6(8)13/h1H2,2H3,(H,19,20,21).